The van der Waals surface area contributed by atoms with Crippen molar-refractivity contribution in [3.8, 4) is 10.4 Å². The number of benzene rings is 2. The number of thiophene rings is 1. The molecule has 144 valence electrons. The molecule has 3 aromatic rings. The molecule has 1 N–H and O–H groups in total. The molecule has 2 aromatic carbocycles. The number of carboxylic acids is 1. The Morgan fingerprint density at radius 1 is 1.11 bits per heavy atom. The molecule has 1 unspecified atom stereocenters. The summed E-state index contributed by atoms with van der Waals surface area (Å²) in [6.07, 6.45) is 0. The molecule has 1 heterocycles. The minimum absolute atomic E-state index is 0.0714. The fourth-order valence-corrected chi connectivity index (χ4v) is 4.39. The normalized spacial score (nSPS) is 11.8. The predicted octanol–water partition coefficient (Wildman–Crippen LogP) is 4.56. The third-order valence-electron chi connectivity index (χ3n) is 4.09. The predicted molar refractivity (Wildman–Crippen MR) is 109 cm³/mol. The summed E-state index contributed by atoms with van der Waals surface area (Å²) in [6.45, 7) is 3.28. The first kappa shape index (κ1) is 19.9. The van der Waals surface area contributed by atoms with Crippen molar-refractivity contribution in [3.63, 3.8) is 0 Å². The number of nitrogens with zero attached hydrogens (tertiary/aromatic N) is 1. The van der Waals surface area contributed by atoms with Crippen LogP contribution in [0.3, 0.4) is 0 Å². The average molecular weight is 414 g/mol. The van der Waals surface area contributed by atoms with Crippen LogP contribution >= 0.6 is 11.3 Å². The van der Waals surface area contributed by atoms with Crippen LogP contribution in [-0.2, 0) is 11.3 Å². The first-order chi connectivity index (χ1) is 13.3. The number of hydrogen-bond donors (Lipinski definition) is 1. The van der Waals surface area contributed by atoms with Crippen LogP contribution in [0.1, 0.15) is 32.5 Å². The summed E-state index contributed by atoms with van der Waals surface area (Å²) in [6, 6.07) is 15.1. The highest BCUT2D eigenvalue weighted by Crippen LogP contribution is 2.40. The van der Waals surface area contributed by atoms with Crippen molar-refractivity contribution in [2.24, 2.45) is 0 Å². The number of aromatic carboxylic acids is 1. The summed E-state index contributed by atoms with van der Waals surface area (Å²) in [7, 11) is 0. The molecular formula is C20H16NO5S2-. The minimum Gasteiger partial charge on any atom is -0.755 e. The van der Waals surface area contributed by atoms with Crippen LogP contribution in [-0.4, -0.2) is 25.6 Å². The van der Waals surface area contributed by atoms with Crippen molar-refractivity contribution in [1.29, 1.82) is 0 Å². The molecule has 1 atom stereocenters. The highest BCUT2D eigenvalue weighted by atomic mass is 32.2. The quantitative estimate of drug-likeness (QED) is 0.471. The lowest BCUT2D eigenvalue weighted by atomic mass is 10.1. The Morgan fingerprint density at radius 2 is 1.79 bits per heavy atom. The first-order valence-corrected chi connectivity index (χ1v) is 10.1. The van der Waals surface area contributed by atoms with Crippen molar-refractivity contribution < 1.29 is 23.5 Å². The van der Waals surface area contributed by atoms with Gasteiger partial charge in [0.25, 0.3) is 0 Å². The van der Waals surface area contributed by atoms with Crippen LogP contribution in [0.5, 0.6) is 0 Å². The number of hydrogen-bond acceptors (Lipinski definition) is 5. The number of carbonyl (C=O) groups is 2. The average Bonchev–Trinajstić information content (AvgIpc) is 3.07. The topological polar surface area (TPSA) is 97.7 Å². The molecule has 8 heteroatoms. The van der Waals surface area contributed by atoms with Gasteiger partial charge < -0.3 is 9.66 Å². The van der Waals surface area contributed by atoms with Gasteiger partial charge in [-0.2, -0.15) is 0 Å². The number of Topliss-reactive ketones (excluding diaryl/α,β-unsaturated/α-hetero) is 1. The number of carbonyl (C=O) groups excluding carboxylic acids is 1. The van der Waals surface area contributed by atoms with Crippen LogP contribution < -0.4 is 4.31 Å². The molecular weight excluding hydrogens is 398 g/mol. The van der Waals surface area contributed by atoms with Crippen LogP contribution in [0.2, 0.25) is 0 Å². The third kappa shape index (κ3) is 4.04. The van der Waals surface area contributed by atoms with Gasteiger partial charge in [-0.1, -0.05) is 36.4 Å². The molecule has 0 aliphatic heterocycles. The maximum absolute atomic E-state index is 12.0. The summed E-state index contributed by atoms with van der Waals surface area (Å²) in [5.74, 6) is -1.29. The van der Waals surface area contributed by atoms with E-state index >= 15 is 0 Å². The van der Waals surface area contributed by atoms with Gasteiger partial charge in [-0.05, 0) is 43.2 Å². The van der Waals surface area contributed by atoms with E-state index < -0.39 is 17.2 Å². The molecule has 0 spiro atoms. The smallest absolute Gasteiger partial charge is 0.348 e. The molecule has 3 rings (SSSR count). The minimum atomic E-state index is -2.71. The zero-order chi connectivity index (χ0) is 20.4. The molecule has 0 bridgehead atoms. The monoisotopic (exact) mass is 414 g/mol. The highest BCUT2D eigenvalue weighted by Gasteiger charge is 2.23. The van der Waals surface area contributed by atoms with E-state index in [1.807, 2.05) is 13.0 Å². The first-order valence-electron chi connectivity index (χ1n) is 8.22. The molecule has 0 fully saturated rings. The molecule has 28 heavy (non-hydrogen) atoms. The second-order valence-electron chi connectivity index (χ2n) is 6.11. The fourth-order valence-electron chi connectivity index (χ4n) is 2.76. The van der Waals surface area contributed by atoms with Crippen LogP contribution in [0.15, 0.2) is 54.6 Å². The zero-order valence-corrected chi connectivity index (χ0v) is 16.7. The van der Waals surface area contributed by atoms with Crippen molar-refractivity contribution in [1.82, 2.24) is 0 Å². The molecule has 0 amide bonds. The van der Waals surface area contributed by atoms with Crippen LogP contribution in [0.4, 0.5) is 11.4 Å². The van der Waals surface area contributed by atoms with E-state index in [2.05, 4.69) is 0 Å². The second-order valence-corrected chi connectivity index (χ2v) is 7.97. The zero-order valence-electron chi connectivity index (χ0n) is 15.0. The Kier molecular flexibility index (Phi) is 5.73. The Morgan fingerprint density at radius 3 is 2.32 bits per heavy atom. The summed E-state index contributed by atoms with van der Waals surface area (Å²) in [5.41, 5.74) is 2.51. The second kappa shape index (κ2) is 8.05. The Labute approximate surface area is 168 Å². The van der Waals surface area contributed by atoms with Crippen molar-refractivity contribution >= 4 is 45.7 Å². The van der Waals surface area contributed by atoms with Gasteiger partial charge in [0, 0.05) is 10.4 Å². The molecule has 0 saturated carbocycles. The molecule has 1 aromatic heterocycles. The lowest BCUT2D eigenvalue weighted by molar-refractivity contribution is 0.0702. The van der Waals surface area contributed by atoms with E-state index in [0.29, 0.717) is 21.7 Å². The highest BCUT2D eigenvalue weighted by molar-refractivity contribution is 7.81. The summed E-state index contributed by atoms with van der Waals surface area (Å²) in [4.78, 5) is 23.7. The molecule has 0 radical (unpaired) electrons. The van der Waals surface area contributed by atoms with E-state index in [1.54, 1.807) is 42.5 Å². The number of ketones is 1. The molecule has 6 nitrogen and oxygen atoms in total. The number of anilines is 2. The SMILES string of the molecule is CC(=O)c1ccc(-c2cc(N(c3cccc(C)c3)S(=O)[O-])c(C(=O)O)s2)cc1. The van der Waals surface area contributed by atoms with Crippen molar-refractivity contribution in [3.05, 3.63) is 70.6 Å². The Hall–Kier alpha value is -2.81. The van der Waals surface area contributed by atoms with Crippen molar-refractivity contribution in [2.75, 3.05) is 4.31 Å². The third-order valence-corrected chi connectivity index (χ3v) is 5.95. The summed E-state index contributed by atoms with van der Waals surface area (Å²) in [5, 5.41) is 9.61. The fraction of sp³-hybridized carbons (Fsp3) is 0.100. The molecule has 0 aliphatic rings. The lowest BCUT2D eigenvalue weighted by Gasteiger charge is -2.26. The largest absolute Gasteiger partial charge is 0.755 e. The van der Waals surface area contributed by atoms with Gasteiger partial charge in [0.05, 0.1) is 22.6 Å². The van der Waals surface area contributed by atoms with E-state index in [9.17, 15) is 23.5 Å². The molecule has 0 saturated heterocycles. The lowest BCUT2D eigenvalue weighted by Crippen LogP contribution is -2.20. The van der Waals surface area contributed by atoms with E-state index in [4.69, 9.17) is 0 Å². The van der Waals surface area contributed by atoms with E-state index in [0.717, 1.165) is 21.2 Å². The number of rotatable bonds is 6. The van der Waals surface area contributed by atoms with Gasteiger partial charge in [0.1, 0.15) is 4.88 Å². The Bertz CT molecular complexity index is 1070. The maximum atomic E-state index is 12.0. The van der Waals surface area contributed by atoms with Gasteiger partial charge in [0.15, 0.2) is 5.78 Å². The van der Waals surface area contributed by atoms with Crippen molar-refractivity contribution in [2.45, 2.75) is 13.8 Å². The van der Waals surface area contributed by atoms with Gasteiger partial charge in [0.2, 0.25) is 0 Å². The number of aryl methyl sites for hydroxylation is 1. The summed E-state index contributed by atoms with van der Waals surface area (Å²) < 4.78 is 24.9. The Balaban J connectivity index is 2.13. The van der Waals surface area contributed by atoms with E-state index in [-0.39, 0.29) is 16.3 Å². The van der Waals surface area contributed by atoms with Crippen LogP contribution in [0, 0.1) is 6.92 Å². The standard InChI is InChI=1S/C20H17NO5S2/c1-12-4-3-5-16(10-12)21(28(25)26)17-11-18(27-19(17)20(23)24)15-8-6-14(7-9-15)13(2)22/h3-11H,1-2H3,(H,23,24)(H,25,26)/p-1. The van der Waals surface area contributed by atoms with Gasteiger partial charge in [-0.3, -0.25) is 13.3 Å². The maximum Gasteiger partial charge on any atom is 0.348 e. The number of carboxylic acid groups (broad SMARTS) is 1. The van der Waals surface area contributed by atoms with Gasteiger partial charge >= 0.3 is 5.97 Å². The van der Waals surface area contributed by atoms with E-state index in [1.165, 1.54) is 13.0 Å². The summed E-state index contributed by atoms with van der Waals surface area (Å²) >= 11 is -1.73. The van der Waals surface area contributed by atoms with Gasteiger partial charge in [-0.15, -0.1) is 11.3 Å². The van der Waals surface area contributed by atoms with Crippen LogP contribution in [0.25, 0.3) is 10.4 Å². The molecule has 0 aliphatic carbocycles. The van der Waals surface area contributed by atoms with Gasteiger partial charge in [-0.25, -0.2) is 4.79 Å².